The predicted molar refractivity (Wildman–Crippen MR) is 106 cm³/mol. The number of hydrogen-bond acceptors (Lipinski definition) is 4. The Bertz CT molecular complexity index is 1110. The third kappa shape index (κ3) is 3.98. The van der Waals surface area contributed by atoms with Crippen LogP contribution in [0.5, 0.6) is 0 Å². The lowest BCUT2D eigenvalue weighted by molar-refractivity contribution is 0.0949. The fourth-order valence-corrected chi connectivity index (χ4v) is 2.96. The molecule has 1 amide bonds. The molecule has 0 atom stereocenters. The second kappa shape index (κ2) is 7.87. The van der Waals surface area contributed by atoms with E-state index in [0.29, 0.717) is 24.5 Å². The van der Waals surface area contributed by atoms with E-state index in [0.717, 1.165) is 16.5 Å². The predicted octanol–water partition coefficient (Wildman–Crippen LogP) is 3.81. The first-order valence-electron chi connectivity index (χ1n) is 8.87. The van der Waals surface area contributed by atoms with E-state index in [1.807, 2.05) is 24.4 Å². The average molecular weight is 375 g/mol. The Kier molecular flexibility index (Phi) is 4.97. The van der Waals surface area contributed by atoms with Crippen molar-refractivity contribution in [1.29, 1.82) is 0 Å². The van der Waals surface area contributed by atoms with Gasteiger partial charge in [0.1, 0.15) is 17.3 Å². The number of carbonyl (C=O) groups is 1. The number of anilines is 2. The maximum atomic E-state index is 13.2. The Morgan fingerprint density at radius 3 is 2.79 bits per heavy atom. The summed E-state index contributed by atoms with van der Waals surface area (Å²) in [6.45, 7) is 0.492. The van der Waals surface area contributed by atoms with Gasteiger partial charge in [-0.2, -0.15) is 0 Å². The Labute approximate surface area is 160 Å². The number of nitrogens with one attached hydrogen (secondary N) is 3. The molecule has 4 rings (SSSR count). The van der Waals surface area contributed by atoms with Gasteiger partial charge in [0.2, 0.25) is 0 Å². The van der Waals surface area contributed by atoms with Crippen molar-refractivity contribution >= 4 is 28.3 Å². The van der Waals surface area contributed by atoms with Crippen molar-refractivity contribution < 1.29 is 9.18 Å². The van der Waals surface area contributed by atoms with Crippen LogP contribution in [0.2, 0.25) is 0 Å². The molecular formula is C21H18FN5O. The summed E-state index contributed by atoms with van der Waals surface area (Å²) in [5.74, 6) is -0.199. The molecule has 0 radical (unpaired) electrons. The van der Waals surface area contributed by atoms with Crippen LogP contribution in [0.15, 0.2) is 67.1 Å². The molecule has 0 fully saturated rings. The normalized spacial score (nSPS) is 10.8. The van der Waals surface area contributed by atoms with Gasteiger partial charge in [-0.3, -0.25) is 4.79 Å². The molecule has 28 heavy (non-hydrogen) atoms. The summed E-state index contributed by atoms with van der Waals surface area (Å²) >= 11 is 0. The Morgan fingerprint density at radius 2 is 1.96 bits per heavy atom. The molecule has 0 saturated heterocycles. The molecule has 0 unspecified atom stereocenters. The van der Waals surface area contributed by atoms with Crippen molar-refractivity contribution in [2.75, 3.05) is 11.9 Å². The second-order valence-electron chi connectivity index (χ2n) is 6.29. The number of rotatable bonds is 6. The zero-order valence-corrected chi connectivity index (χ0v) is 14.9. The molecule has 0 bridgehead atoms. The number of para-hydroxylation sites is 1. The van der Waals surface area contributed by atoms with Crippen LogP contribution in [-0.2, 0) is 6.42 Å². The molecule has 6 nitrogen and oxygen atoms in total. The lowest BCUT2D eigenvalue weighted by atomic mass is 10.1. The maximum absolute atomic E-state index is 13.2. The van der Waals surface area contributed by atoms with E-state index in [1.54, 1.807) is 12.1 Å². The summed E-state index contributed by atoms with van der Waals surface area (Å²) in [7, 11) is 0. The van der Waals surface area contributed by atoms with Crippen molar-refractivity contribution in [2.24, 2.45) is 0 Å². The molecule has 7 heteroatoms. The van der Waals surface area contributed by atoms with E-state index in [1.165, 1.54) is 24.5 Å². The van der Waals surface area contributed by atoms with E-state index in [4.69, 9.17) is 0 Å². The highest BCUT2D eigenvalue weighted by Gasteiger charge is 2.09. The minimum atomic E-state index is -0.343. The average Bonchev–Trinajstić information content (AvgIpc) is 3.12. The fourth-order valence-electron chi connectivity index (χ4n) is 2.96. The summed E-state index contributed by atoms with van der Waals surface area (Å²) in [6.07, 6.45) is 5.51. The summed E-state index contributed by atoms with van der Waals surface area (Å²) in [4.78, 5) is 23.8. The molecule has 3 N–H and O–H groups in total. The zero-order valence-electron chi connectivity index (χ0n) is 14.9. The monoisotopic (exact) mass is 375 g/mol. The first-order valence-corrected chi connectivity index (χ1v) is 8.87. The van der Waals surface area contributed by atoms with Crippen LogP contribution in [0.25, 0.3) is 10.9 Å². The number of nitrogens with zero attached hydrogens (tertiary/aromatic N) is 2. The molecule has 0 aliphatic rings. The van der Waals surface area contributed by atoms with Crippen LogP contribution in [0, 0.1) is 5.82 Å². The van der Waals surface area contributed by atoms with E-state index in [9.17, 15) is 9.18 Å². The van der Waals surface area contributed by atoms with Crippen molar-refractivity contribution in [3.63, 3.8) is 0 Å². The third-order valence-corrected chi connectivity index (χ3v) is 4.34. The van der Waals surface area contributed by atoms with Crippen LogP contribution >= 0.6 is 0 Å². The molecule has 0 aliphatic carbocycles. The molecule has 2 aromatic carbocycles. The smallest absolute Gasteiger partial charge is 0.271 e. The number of H-pyrrole nitrogens is 1. The number of carbonyl (C=O) groups excluding carboxylic acids is 1. The van der Waals surface area contributed by atoms with Gasteiger partial charge in [-0.25, -0.2) is 14.4 Å². The molecule has 0 aliphatic heterocycles. The highest BCUT2D eigenvalue weighted by Crippen LogP contribution is 2.18. The summed E-state index contributed by atoms with van der Waals surface area (Å²) in [6, 6.07) is 14.1. The van der Waals surface area contributed by atoms with Gasteiger partial charge in [-0.15, -0.1) is 0 Å². The van der Waals surface area contributed by atoms with Crippen molar-refractivity contribution in [1.82, 2.24) is 20.3 Å². The van der Waals surface area contributed by atoms with Gasteiger partial charge in [-0.1, -0.05) is 24.3 Å². The molecule has 140 valence electrons. The van der Waals surface area contributed by atoms with Crippen LogP contribution in [0.4, 0.5) is 15.9 Å². The summed E-state index contributed by atoms with van der Waals surface area (Å²) in [5, 5.41) is 6.95. The molecule has 0 saturated carbocycles. The van der Waals surface area contributed by atoms with E-state index in [-0.39, 0.29) is 17.4 Å². The molecule has 0 spiro atoms. The first-order chi connectivity index (χ1) is 13.7. The van der Waals surface area contributed by atoms with Gasteiger partial charge in [0.25, 0.3) is 5.91 Å². The van der Waals surface area contributed by atoms with Gasteiger partial charge < -0.3 is 15.6 Å². The molecule has 2 aromatic heterocycles. The van der Waals surface area contributed by atoms with Crippen molar-refractivity contribution in [2.45, 2.75) is 6.42 Å². The van der Waals surface area contributed by atoms with E-state index < -0.39 is 0 Å². The van der Waals surface area contributed by atoms with Crippen LogP contribution in [0.3, 0.4) is 0 Å². The van der Waals surface area contributed by atoms with Crippen molar-refractivity contribution in [3.8, 4) is 0 Å². The molecule has 2 heterocycles. The SMILES string of the molecule is O=C(NCCc1c[nH]c2ccccc12)c1cnc(Nc2cccc(F)c2)cn1. The molecule has 4 aromatic rings. The summed E-state index contributed by atoms with van der Waals surface area (Å²) < 4.78 is 13.2. The van der Waals surface area contributed by atoms with Gasteiger partial charge in [0.15, 0.2) is 0 Å². The van der Waals surface area contributed by atoms with Gasteiger partial charge in [0.05, 0.1) is 12.4 Å². The number of fused-ring (bicyclic) bond motifs is 1. The maximum Gasteiger partial charge on any atom is 0.271 e. The van der Waals surface area contributed by atoms with E-state index in [2.05, 4.69) is 31.7 Å². The standard InChI is InChI=1S/C21H18FN5O/c22-15-4-3-5-16(10-15)27-20-13-25-19(12-26-20)21(28)23-9-8-14-11-24-18-7-2-1-6-17(14)18/h1-7,10-13,24H,8-9H2,(H,23,28)(H,26,27). The lowest BCUT2D eigenvalue weighted by Crippen LogP contribution is -2.26. The number of halogens is 1. The van der Waals surface area contributed by atoms with Crippen molar-refractivity contribution in [3.05, 3.63) is 84.2 Å². The third-order valence-electron chi connectivity index (χ3n) is 4.34. The highest BCUT2D eigenvalue weighted by molar-refractivity contribution is 5.92. The number of aromatic amines is 1. The van der Waals surface area contributed by atoms with Crippen LogP contribution in [-0.4, -0.2) is 27.4 Å². The lowest BCUT2D eigenvalue weighted by Gasteiger charge is -2.07. The Balaban J connectivity index is 1.33. The number of aromatic nitrogens is 3. The minimum absolute atomic E-state index is 0.226. The second-order valence-corrected chi connectivity index (χ2v) is 6.29. The topological polar surface area (TPSA) is 82.7 Å². The fraction of sp³-hybridized carbons (Fsp3) is 0.0952. The zero-order chi connectivity index (χ0) is 19.3. The van der Waals surface area contributed by atoms with Gasteiger partial charge in [0, 0.05) is 29.3 Å². The number of hydrogen-bond donors (Lipinski definition) is 3. The van der Waals surface area contributed by atoms with Crippen LogP contribution < -0.4 is 10.6 Å². The van der Waals surface area contributed by atoms with Gasteiger partial charge in [-0.05, 0) is 36.2 Å². The number of benzene rings is 2. The minimum Gasteiger partial charge on any atom is -0.361 e. The number of amides is 1. The molecular weight excluding hydrogens is 357 g/mol. The van der Waals surface area contributed by atoms with Crippen LogP contribution in [0.1, 0.15) is 16.1 Å². The Hall–Kier alpha value is -3.74. The van der Waals surface area contributed by atoms with E-state index >= 15 is 0 Å². The Morgan fingerprint density at radius 1 is 1.07 bits per heavy atom. The quantitative estimate of drug-likeness (QED) is 0.479. The van der Waals surface area contributed by atoms with Gasteiger partial charge >= 0.3 is 0 Å². The summed E-state index contributed by atoms with van der Waals surface area (Å²) in [5.41, 5.74) is 3.02. The first kappa shape index (κ1) is 17.7. The highest BCUT2D eigenvalue weighted by atomic mass is 19.1. The largest absolute Gasteiger partial charge is 0.361 e.